The monoisotopic (exact) mass is 598 g/mol. The Morgan fingerprint density at radius 1 is 0.977 bits per heavy atom. The van der Waals surface area contributed by atoms with Crippen LogP contribution in [0.1, 0.15) is 63.3 Å². The molecule has 1 unspecified atom stereocenters. The number of nitrogens with one attached hydrogen (secondary N) is 2. The van der Waals surface area contributed by atoms with E-state index in [0.717, 1.165) is 46.1 Å². The van der Waals surface area contributed by atoms with Crippen LogP contribution in [0.2, 0.25) is 0 Å². The zero-order valence-corrected chi connectivity index (χ0v) is 25.5. The van der Waals surface area contributed by atoms with Crippen molar-refractivity contribution in [3.05, 3.63) is 89.7 Å². The first-order chi connectivity index (χ1) is 21.1. The topological polar surface area (TPSA) is 116 Å². The number of furan rings is 1. The summed E-state index contributed by atoms with van der Waals surface area (Å²) in [5.74, 6) is -0.269. The number of carbonyl (C=O) groups excluding carboxylic acids is 3. The van der Waals surface area contributed by atoms with Crippen molar-refractivity contribution in [1.29, 1.82) is 0 Å². The maximum atomic E-state index is 12.9. The average molecular weight is 599 g/mol. The minimum absolute atomic E-state index is 0.0632. The van der Waals surface area contributed by atoms with E-state index in [2.05, 4.69) is 10.6 Å². The number of hydrogen-bond acceptors (Lipinski definition) is 7. The number of hydrogen-bond donors (Lipinski definition) is 2. The molecule has 2 N–H and O–H groups in total. The van der Waals surface area contributed by atoms with Gasteiger partial charge in [-0.2, -0.15) is 0 Å². The molecular formula is C35H38N2O7. The fourth-order valence-corrected chi connectivity index (χ4v) is 4.89. The lowest BCUT2D eigenvalue weighted by molar-refractivity contribution is -0.147. The second-order valence-electron chi connectivity index (χ2n) is 11.8. The second kappa shape index (κ2) is 13.2. The summed E-state index contributed by atoms with van der Waals surface area (Å²) in [5.41, 5.74) is 4.27. The number of esters is 1. The molecule has 0 aliphatic heterocycles. The Hall–Kier alpha value is -4.79. The number of amides is 2. The van der Waals surface area contributed by atoms with Crippen LogP contribution in [0, 0.1) is 5.92 Å². The fourth-order valence-electron chi connectivity index (χ4n) is 4.89. The first kappa shape index (κ1) is 30.7. The van der Waals surface area contributed by atoms with E-state index in [0.29, 0.717) is 17.9 Å². The number of fused-ring (bicyclic) bond motifs is 1. The Morgan fingerprint density at radius 3 is 2.52 bits per heavy atom. The summed E-state index contributed by atoms with van der Waals surface area (Å²) in [4.78, 5) is 37.7. The van der Waals surface area contributed by atoms with Crippen molar-refractivity contribution in [3.63, 3.8) is 0 Å². The standard InChI is InChI=1S/C35H38N2O7/c1-5-41-33(39)30(37-32(38)24-13-14-24)27-11-6-7-12-29(27)43-21-23-18-26-15-16-42-31(26)28(19-23)25-10-8-9-22(17-25)20-36-34(40)44-35(2,3)4/h6-12,15-19,24,30H,5,13-14,20-21H2,1-4H3,(H,36,40)(H,37,38). The summed E-state index contributed by atoms with van der Waals surface area (Å²) in [7, 11) is 0. The summed E-state index contributed by atoms with van der Waals surface area (Å²) in [6.07, 6.45) is 2.81. The van der Waals surface area contributed by atoms with E-state index < -0.39 is 23.7 Å². The van der Waals surface area contributed by atoms with E-state index in [9.17, 15) is 14.4 Å². The Bertz CT molecular complexity index is 1650. The van der Waals surface area contributed by atoms with E-state index in [1.807, 2.05) is 69.3 Å². The van der Waals surface area contributed by atoms with Crippen LogP contribution in [-0.4, -0.2) is 30.2 Å². The number of benzene rings is 3. The number of alkyl carbamates (subject to hydrolysis) is 1. The highest BCUT2D eigenvalue weighted by Gasteiger charge is 2.34. The Labute approximate surface area is 256 Å². The molecule has 4 aromatic rings. The third-order valence-corrected chi connectivity index (χ3v) is 7.07. The molecule has 0 saturated heterocycles. The normalized spacial score (nSPS) is 13.6. The van der Waals surface area contributed by atoms with Crippen LogP contribution in [0.4, 0.5) is 4.79 Å². The van der Waals surface area contributed by atoms with Crippen molar-refractivity contribution >= 4 is 28.9 Å². The van der Waals surface area contributed by atoms with Gasteiger partial charge in [-0.3, -0.25) is 4.79 Å². The molecule has 230 valence electrons. The predicted molar refractivity (Wildman–Crippen MR) is 166 cm³/mol. The van der Waals surface area contributed by atoms with Gasteiger partial charge in [0.15, 0.2) is 6.04 Å². The van der Waals surface area contributed by atoms with E-state index >= 15 is 0 Å². The molecule has 0 bridgehead atoms. The van der Waals surface area contributed by atoms with E-state index in [-0.39, 0.29) is 25.0 Å². The van der Waals surface area contributed by atoms with Crippen molar-refractivity contribution in [1.82, 2.24) is 10.6 Å². The van der Waals surface area contributed by atoms with Gasteiger partial charge in [0.2, 0.25) is 5.91 Å². The fraction of sp³-hybridized carbons (Fsp3) is 0.343. The molecule has 5 rings (SSSR count). The van der Waals surface area contributed by atoms with Gasteiger partial charge in [-0.25, -0.2) is 9.59 Å². The number of para-hydroxylation sites is 1. The first-order valence-electron chi connectivity index (χ1n) is 14.9. The Kier molecular flexibility index (Phi) is 9.23. The SMILES string of the molecule is CCOC(=O)C(NC(=O)C1CC1)c1ccccc1OCc1cc(-c2cccc(CNC(=O)OC(C)(C)C)c2)c2occc2c1. The lowest BCUT2D eigenvalue weighted by atomic mass is 9.99. The van der Waals surface area contributed by atoms with Crippen molar-refractivity contribution < 1.29 is 33.0 Å². The lowest BCUT2D eigenvalue weighted by Gasteiger charge is -2.21. The van der Waals surface area contributed by atoms with Gasteiger partial charge in [-0.15, -0.1) is 0 Å². The van der Waals surface area contributed by atoms with Crippen molar-refractivity contribution in [2.24, 2.45) is 5.92 Å². The molecule has 0 radical (unpaired) electrons. The Morgan fingerprint density at radius 2 is 1.77 bits per heavy atom. The van der Waals surface area contributed by atoms with Crippen LogP contribution in [0.25, 0.3) is 22.1 Å². The van der Waals surface area contributed by atoms with Crippen LogP contribution in [-0.2, 0) is 32.2 Å². The molecule has 1 heterocycles. The van der Waals surface area contributed by atoms with Crippen LogP contribution < -0.4 is 15.4 Å². The molecule has 0 spiro atoms. The minimum atomic E-state index is -0.969. The number of rotatable bonds is 11. The molecular weight excluding hydrogens is 560 g/mol. The average Bonchev–Trinajstić information content (AvgIpc) is 3.74. The molecule has 1 aromatic heterocycles. The molecule has 44 heavy (non-hydrogen) atoms. The van der Waals surface area contributed by atoms with E-state index in [1.54, 1.807) is 31.4 Å². The first-order valence-corrected chi connectivity index (χ1v) is 14.9. The summed E-state index contributed by atoms with van der Waals surface area (Å²) >= 11 is 0. The lowest BCUT2D eigenvalue weighted by Crippen LogP contribution is -2.36. The quantitative estimate of drug-likeness (QED) is 0.182. The highest BCUT2D eigenvalue weighted by atomic mass is 16.6. The minimum Gasteiger partial charge on any atom is -0.489 e. The molecule has 1 aliphatic rings. The van der Waals surface area contributed by atoms with Crippen molar-refractivity contribution in [3.8, 4) is 16.9 Å². The summed E-state index contributed by atoms with van der Waals surface area (Å²) in [6, 6.07) is 20.0. The largest absolute Gasteiger partial charge is 0.489 e. The number of ether oxygens (including phenoxy) is 3. The van der Waals surface area contributed by atoms with Crippen molar-refractivity contribution in [2.45, 2.75) is 65.3 Å². The van der Waals surface area contributed by atoms with E-state index in [1.165, 1.54) is 0 Å². The molecule has 1 atom stereocenters. The predicted octanol–water partition coefficient (Wildman–Crippen LogP) is 6.83. The second-order valence-corrected chi connectivity index (χ2v) is 11.8. The zero-order valence-electron chi connectivity index (χ0n) is 25.5. The third-order valence-electron chi connectivity index (χ3n) is 7.07. The Balaban J connectivity index is 1.37. The molecule has 1 aliphatic carbocycles. The maximum Gasteiger partial charge on any atom is 0.407 e. The third kappa shape index (κ3) is 7.78. The van der Waals surface area contributed by atoms with Gasteiger partial charge in [-0.05, 0) is 87.6 Å². The van der Waals surface area contributed by atoms with Gasteiger partial charge in [0.05, 0.1) is 12.9 Å². The maximum absolute atomic E-state index is 12.9. The van der Waals surface area contributed by atoms with Crippen LogP contribution in [0.5, 0.6) is 5.75 Å². The van der Waals surface area contributed by atoms with Gasteiger partial charge in [0, 0.05) is 29.0 Å². The highest BCUT2D eigenvalue weighted by Crippen LogP contribution is 2.34. The van der Waals surface area contributed by atoms with Crippen LogP contribution in [0.15, 0.2) is 77.4 Å². The summed E-state index contributed by atoms with van der Waals surface area (Å²) in [5, 5.41) is 6.58. The highest BCUT2D eigenvalue weighted by molar-refractivity contribution is 5.93. The zero-order chi connectivity index (χ0) is 31.3. The van der Waals surface area contributed by atoms with Gasteiger partial charge in [0.25, 0.3) is 0 Å². The van der Waals surface area contributed by atoms with Gasteiger partial charge < -0.3 is 29.3 Å². The molecule has 1 fully saturated rings. The summed E-state index contributed by atoms with van der Waals surface area (Å²) < 4.78 is 22.8. The number of carbonyl (C=O) groups is 3. The molecule has 9 heteroatoms. The van der Waals surface area contributed by atoms with E-state index in [4.69, 9.17) is 18.6 Å². The van der Waals surface area contributed by atoms with Crippen LogP contribution in [0.3, 0.4) is 0 Å². The summed E-state index contributed by atoms with van der Waals surface area (Å²) in [6.45, 7) is 7.91. The molecule has 3 aromatic carbocycles. The van der Waals surface area contributed by atoms with Gasteiger partial charge in [-0.1, -0.05) is 36.4 Å². The van der Waals surface area contributed by atoms with Gasteiger partial charge in [0.1, 0.15) is 23.5 Å². The van der Waals surface area contributed by atoms with Crippen LogP contribution >= 0.6 is 0 Å². The van der Waals surface area contributed by atoms with Crippen molar-refractivity contribution in [2.75, 3.05) is 6.61 Å². The molecule has 2 amide bonds. The molecule has 9 nitrogen and oxygen atoms in total. The van der Waals surface area contributed by atoms with Gasteiger partial charge >= 0.3 is 12.1 Å². The molecule has 1 saturated carbocycles. The smallest absolute Gasteiger partial charge is 0.407 e.